The molecule has 2 aromatic carbocycles. The molecule has 0 fully saturated rings. The number of hydrogen-bond donors (Lipinski definition) is 2. The van der Waals surface area contributed by atoms with Gasteiger partial charge in [0.25, 0.3) is 11.8 Å². The highest BCUT2D eigenvalue weighted by molar-refractivity contribution is 5.95. The maximum absolute atomic E-state index is 12.2. The van der Waals surface area contributed by atoms with E-state index >= 15 is 0 Å². The molecule has 0 aromatic heterocycles. The minimum atomic E-state index is -0.439. The van der Waals surface area contributed by atoms with Gasteiger partial charge in [-0.15, -0.1) is 0 Å². The van der Waals surface area contributed by atoms with Crippen molar-refractivity contribution < 1.29 is 19.1 Å². The van der Waals surface area contributed by atoms with Crippen molar-refractivity contribution in [1.82, 2.24) is 10.9 Å². The second-order valence-electron chi connectivity index (χ2n) is 6.92. The molecule has 0 unspecified atom stereocenters. The molecular weight excluding hydrogens is 368 g/mol. The first-order valence-corrected chi connectivity index (χ1v) is 10.0. The average Bonchev–Trinajstić information content (AvgIpc) is 2.73. The zero-order chi connectivity index (χ0) is 21.1. The van der Waals surface area contributed by atoms with Crippen LogP contribution in [0.3, 0.4) is 0 Å². The zero-order valence-corrected chi connectivity index (χ0v) is 17.4. The molecule has 0 spiro atoms. The van der Waals surface area contributed by atoms with Crippen LogP contribution in [0.25, 0.3) is 0 Å². The summed E-state index contributed by atoms with van der Waals surface area (Å²) in [4.78, 5) is 24.1. The summed E-state index contributed by atoms with van der Waals surface area (Å²) in [5, 5.41) is 0. The molecule has 0 heterocycles. The van der Waals surface area contributed by atoms with Crippen molar-refractivity contribution >= 4 is 11.8 Å². The number of carbonyl (C=O) groups excluding carboxylic acids is 2. The summed E-state index contributed by atoms with van der Waals surface area (Å²) in [6.07, 6.45) is 4.58. The standard InChI is InChI=1S/C23H30N2O4/c1-4-5-6-7-15-28-20-13-11-19(12-14-20)23(27)25-24-22(26)16-29-21-10-8-9-17(2)18(21)3/h8-14H,4-7,15-16H2,1-3H3,(H,24,26)(H,25,27). The van der Waals surface area contributed by atoms with E-state index in [0.717, 1.165) is 29.7 Å². The minimum absolute atomic E-state index is 0.185. The number of amides is 2. The highest BCUT2D eigenvalue weighted by atomic mass is 16.5. The van der Waals surface area contributed by atoms with E-state index in [9.17, 15) is 9.59 Å². The number of aryl methyl sites for hydroxylation is 1. The third-order valence-corrected chi connectivity index (χ3v) is 4.61. The molecular formula is C23H30N2O4. The Morgan fingerprint density at radius 2 is 1.66 bits per heavy atom. The third kappa shape index (κ3) is 7.49. The van der Waals surface area contributed by atoms with Crippen LogP contribution in [-0.4, -0.2) is 25.0 Å². The topological polar surface area (TPSA) is 76.7 Å². The van der Waals surface area contributed by atoms with Gasteiger partial charge in [-0.1, -0.05) is 38.3 Å². The smallest absolute Gasteiger partial charge is 0.276 e. The van der Waals surface area contributed by atoms with Gasteiger partial charge >= 0.3 is 0 Å². The summed E-state index contributed by atoms with van der Waals surface area (Å²) in [5.74, 6) is 0.534. The lowest BCUT2D eigenvalue weighted by Crippen LogP contribution is -2.43. The number of nitrogens with one attached hydrogen (secondary N) is 2. The number of carbonyl (C=O) groups is 2. The second-order valence-corrected chi connectivity index (χ2v) is 6.92. The zero-order valence-electron chi connectivity index (χ0n) is 17.4. The van der Waals surface area contributed by atoms with Gasteiger partial charge in [0.1, 0.15) is 11.5 Å². The normalized spacial score (nSPS) is 10.3. The lowest BCUT2D eigenvalue weighted by atomic mass is 10.1. The van der Waals surface area contributed by atoms with E-state index in [2.05, 4.69) is 17.8 Å². The van der Waals surface area contributed by atoms with Crippen LogP contribution >= 0.6 is 0 Å². The first-order valence-electron chi connectivity index (χ1n) is 10.0. The van der Waals surface area contributed by atoms with Crippen LogP contribution in [0.2, 0.25) is 0 Å². The Balaban J connectivity index is 1.72. The van der Waals surface area contributed by atoms with Crippen LogP contribution in [0, 0.1) is 13.8 Å². The van der Waals surface area contributed by atoms with E-state index in [1.807, 2.05) is 32.0 Å². The van der Waals surface area contributed by atoms with Crippen molar-refractivity contribution in [2.75, 3.05) is 13.2 Å². The first-order chi connectivity index (χ1) is 14.0. The molecule has 0 aliphatic rings. The van der Waals surface area contributed by atoms with Crippen LogP contribution < -0.4 is 20.3 Å². The monoisotopic (exact) mass is 398 g/mol. The van der Waals surface area contributed by atoms with Gasteiger partial charge < -0.3 is 9.47 Å². The van der Waals surface area contributed by atoms with Crippen molar-refractivity contribution in [3.63, 3.8) is 0 Å². The molecule has 29 heavy (non-hydrogen) atoms. The maximum atomic E-state index is 12.2. The van der Waals surface area contributed by atoms with Crippen LogP contribution in [0.15, 0.2) is 42.5 Å². The van der Waals surface area contributed by atoms with Crippen molar-refractivity contribution in [3.8, 4) is 11.5 Å². The fourth-order valence-corrected chi connectivity index (χ4v) is 2.68. The molecule has 0 radical (unpaired) electrons. The van der Waals surface area contributed by atoms with E-state index < -0.39 is 11.8 Å². The van der Waals surface area contributed by atoms with Crippen molar-refractivity contribution in [2.45, 2.75) is 46.5 Å². The molecule has 0 saturated carbocycles. The Kier molecular flexibility index (Phi) is 9.02. The summed E-state index contributed by atoms with van der Waals surface area (Å²) in [6.45, 7) is 6.57. The minimum Gasteiger partial charge on any atom is -0.494 e. The number of hydrazine groups is 1. The van der Waals surface area contributed by atoms with Crippen LogP contribution in [0.1, 0.15) is 54.1 Å². The van der Waals surface area contributed by atoms with Crippen LogP contribution in [-0.2, 0) is 4.79 Å². The Hall–Kier alpha value is -3.02. The SMILES string of the molecule is CCCCCCOc1ccc(C(=O)NNC(=O)COc2cccc(C)c2C)cc1. The number of hydrogen-bond acceptors (Lipinski definition) is 4. The highest BCUT2D eigenvalue weighted by Crippen LogP contribution is 2.20. The van der Waals surface area contributed by atoms with Gasteiger partial charge in [-0.3, -0.25) is 20.4 Å². The maximum Gasteiger partial charge on any atom is 0.276 e. The average molecular weight is 399 g/mol. The van der Waals surface area contributed by atoms with Crippen LogP contribution in [0.4, 0.5) is 0 Å². The van der Waals surface area contributed by atoms with E-state index in [4.69, 9.17) is 9.47 Å². The summed E-state index contributed by atoms with van der Waals surface area (Å²) in [6, 6.07) is 12.5. The summed E-state index contributed by atoms with van der Waals surface area (Å²) < 4.78 is 11.2. The number of rotatable bonds is 10. The fourth-order valence-electron chi connectivity index (χ4n) is 2.68. The highest BCUT2D eigenvalue weighted by Gasteiger charge is 2.09. The third-order valence-electron chi connectivity index (χ3n) is 4.61. The summed E-state index contributed by atoms with van der Waals surface area (Å²) >= 11 is 0. The number of unbranched alkanes of at least 4 members (excludes halogenated alkanes) is 3. The molecule has 6 heteroatoms. The molecule has 0 atom stereocenters. The molecule has 2 rings (SSSR count). The summed E-state index contributed by atoms with van der Waals surface area (Å²) in [5.41, 5.74) is 7.25. The first kappa shape index (κ1) is 22.3. The van der Waals surface area contributed by atoms with Crippen molar-refractivity contribution in [1.29, 1.82) is 0 Å². The van der Waals surface area contributed by atoms with Gasteiger partial charge in [-0.25, -0.2) is 0 Å². The van der Waals surface area contributed by atoms with E-state index in [-0.39, 0.29) is 6.61 Å². The molecule has 156 valence electrons. The summed E-state index contributed by atoms with van der Waals surface area (Å²) in [7, 11) is 0. The number of ether oxygens (including phenoxy) is 2. The quantitative estimate of drug-likeness (QED) is 0.467. The van der Waals surface area contributed by atoms with Gasteiger partial charge in [0.05, 0.1) is 6.61 Å². The Morgan fingerprint density at radius 1 is 0.897 bits per heavy atom. The van der Waals surface area contributed by atoms with Gasteiger partial charge in [0, 0.05) is 5.56 Å². The van der Waals surface area contributed by atoms with Gasteiger partial charge in [-0.05, 0) is 61.7 Å². The van der Waals surface area contributed by atoms with Gasteiger partial charge in [0.15, 0.2) is 6.61 Å². The predicted molar refractivity (Wildman–Crippen MR) is 113 cm³/mol. The van der Waals surface area contributed by atoms with Gasteiger partial charge in [-0.2, -0.15) is 0 Å². The molecule has 0 bridgehead atoms. The van der Waals surface area contributed by atoms with Crippen molar-refractivity contribution in [3.05, 3.63) is 59.2 Å². The van der Waals surface area contributed by atoms with Crippen molar-refractivity contribution in [2.24, 2.45) is 0 Å². The Bertz CT molecular complexity index is 803. The Labute approximate surface area is 172 Å². The number of benzene rings is 2. The Morgan fingerprint density at radius 3 is 2.38 bits per heavy atom. The fraction of sp³-hybridized carbons (Fsp3) is 0.391. The lowest BCUT2D eigenvalue weighted by Gasteiger charge is -2.12. The molecule has 0 aliphatic carbocycles. The molecule has 6 nitrogen and oxygen atoms in total. The molecule has 2 N–H and O–H groups in total. The second kappa shape index (κ2) is 11.7. The lowest BCUT2D eigenvalue weighted by molar-refractivity contribution is -0.123. The molecule has 2 amide bonds. The van der Waals surface area contributed by atoms with Crippen LogP contribution in [0.5, 0.6) is 11.5 Å². The molecule has 2 aromatic rings. The van der Waals surface area contributed by atoms with E-state index in [0.29, 0.717) is 17.9 Å². The predicted octanol–water partition coefficient (Wildman–Crippen LogP) is 4.10. The molecule has 0 saturated heterocycles. The molecule has 0 aliphatic heterocycles. The van der Waals surface area contributed by atoms with Gasteiger partial charge in [0.2, 0.25) is 0 Å². The van der Waals surface area contributed by atoms with E-state index in [1.165, 1.54) is 12.8 Å². The van der Waals surface area contributed by atoms with E-state index in [1.54, 1.807) is 24.3 Å². The largest absolute Gasteiger partial charge is 0.494 e.